The molecule has 4 amide bonds. The molecule has 0 bridgehead atoms. The molecular weight excluding hydrogens is 442 g/mol. The number of carbonyl (C=O) groups excluding carboxylic acids is 4. The third-order valence-corrected chi connectivity index (χ3v) is 7.27. The van der Waals surface area contributed by atoms with Crippen molar-refractivity contribution in [2.24, 2.45) is 5.92 Å². The number of nitrogens with zero attached hydrogens (tertiary/aromatic N) is 1. The van der Waals surface area contributed by atoms with Gasteiger partial charge in [-0.15, -0.1) is 0 Å². The summed E-state index contributed by atoms with van der Waals surface area (Å²) in [6, 6.07) is 4.27. The SMILES string of the molecule is C=C/C(=C\C=C/C)[C@@H](NC(=O)c1ccc2c(c1)CN(C1CCC(=O)NC1=O)C2=O)C1CCCCC1. The molecule has 2 N–H and O–H groups in total. The van der Waals surface area contributed by atoms with Crippen molar-refractivity contribution in [3.05, 3.63) is 71.3 Å². The molecule has 2 fully saturated rings. The minimum Gasteiger partial charge on any atom is -0.345 e. The molecule has 2 aliphatic heterocycles. The number of fused-ring (bicyclic) bond motifs is 1. The molecule has 0 spiro atoms. The van der Waals surface area contributed by atoms with E-state index in [4.69, 9.17) is 0 Å². The van der Waals surface area contributed by atoms with Crippen LogP contribution in [0.25, 0.3) is 0 Å². The Morgan fingerprint density at radius 3 is 2.63 bits per heavy atom. The topological polar surface area (TPSA) is 95.6 Å². The van der Waals surface area contributed by atoms with Crippen molar-refractivity contribution in [3.8, 4) is 0 Å². The summed E-state index contributed by atoms with van der Waals surface area (Å²) in [6.45, 7) is 6.18. The number of hydrogen-bond donors (Lipinski definition) is 2. The zero-order valence-corrected chi connectivity index (χ0v) is 20.2. The molecule has 1 aliphatic carbocycles. The first-order chi connectivity index (χ1) is 16.9. The molecular formula is C28H33N3O4. The number of hydrogen-bond acceptors (Lipinski definition) is 4. The summed E-state index contributed by atoms with van der Waals surface area (Å²) in [4.78, 5) is 51.6. The molecule has 3 aliphatic rings. The van der Waals surface area contributed by atoms with Gasteiger partial charge in [-0.05, 0) is 61.4 Å². The largest absolute Gasteiger partial charge is 0.345 e. The number of rotatable bonds is 7. The lowest BCUT2D eigenvalue weighted by Crippen LogP contribution is -2.52. The number of piperidine rings is 1. The molecule has 2 atom stereocenters. The van der Waals surface area contributed by atoms with Gasteiger partial charge in [0, 0.05) is 24.1 Å². The summed E-state index contributed by atoms with van der Waals surface area (Å²) in [6.07, 6.45) is 13.9. The van der Waals surface area contributed by atoms with E-state index in [2.05, 4.69) is 17.2 Å². The first-order valence-electron chi connectivity index (χ1n) is 12.5. The molecule has 4 rings (SSSR count). The quantitative estimate of drug-likeness (QED) is 0.463. The fourth-order valence-electron chi connectivity index (χ4n) is 5.39. The second kappa shape index (κ2) is 10.8. The van der Waals surface area contributed by atoms with Gasteiger partial charge in [0.1, 0.15) is 6.04 Å². The fourth-order valence-corrected chi connectivity index (χ4v) is 5.39. The van der Waals surface area contributed by atoms with Crippen LogP contribution in [0.1, 0.15) is 78.1 Å². The van der Waals surface area contributed by atoms with Crippen molar-refractivity contribution in [1.82, 2.24) is 15.5 Å². The first-order valence-corrected chi connectivity index (χ1v) is 12.5. The average molecular weight is 476 g/mol. The van der Waals surface area contributed by atoms with Gasteiger partial charge >= 0.3 is 0 Å². The third-order valence-electron chi connectivity index (χ3n) is 7.27. The fraction of sp³-hybridized carbons (Fsp3) is 0.429. The number of imide groups is 1. The summed E-state index contributed by atoms with van der Waals surface area (Å²) >= 11 is 0. The smallest absolute Gasteiger partial charge is 0.255 e. The predicted octanol–water partition coefficient (Wildman–Crippen LogP) is 3.81. The summed E-state index contributed by atoms with van der Waals surface area (Å²) in [5.41, 5.74) is 2.69. The minimum absolute atomic E-state index is 0.133. The van der Waals surface area contributed by atoms with E-state index < -0.39 is 11.9 Å². The molecule has 2 heterocycles. The lowest BCUT2D eigenvalue weighted by molar-refractivity contribution is -0.136. The van der Waals surface area contributed by atoms with E-state index in [0.717, 1.165) is 36.8 Å². The second-order valence-corrected chi connectivity index (χ2v) is 9.52. The molecule has 7 heteroatoms. The molecule has 1 aromatic carbocycles. The average Bonchev–Trinajstić information content (AvgIpc) is 3.19. The normalized spacial score (nSPS) is 22.2. The van der Waals surface area contributed by atoms with Crippen molar-refractivity contribution in [2.75, 3.05) is 0 Å². The Kier molecular flexibility index (Phi) is 7.63. The number of nitrogens with one attached hydrogen (secondary N) is 2. The first kappa shape index (κ1) is 24.6. The van der Waals surface area contributed by atoms with Crippen molar-refractivity contribution in [2.45, 2.75) is 70.5 Å². The van der Waals surface area contributed by atoms with Crippen LogP contribution in [0, 0.1) is 5.92 Å². The van der Waals surface area contributed by atoms with E-state index in [1.54, 1.807) is 18.2 Å². The maximum Gasteiger partial charge on any atom is 0.255 e. The minimum atomic E-state index is -0.674. The summed E-state index contributed by atoms with van der Waals surface area (Å²) in [5.74, 6) is -0.848. The Balaban J connectivity index is 1.53. The van der Waals surface area contributed by atoms with Gasteiger partial charge in [0.15, 0.2) is 0 Å². The van der Waals surface area contributed by atoms with E-state index >= 15 is 0 Å². The monoisotopic (exact) mass is 475 g/mol. The van der Waals surface area contributed by atoms with Crippen LogP contribution in [-0.4, -0.2) is 40.6 Å². The highest BCUT2D eigenvalue weighted by atomic mass is 16.2. The van der Waals surface area contributed by atoms with Gasteiger partial charge in [-0.1, -0.05) is 50.1 Å². The Morgan fingerprint density at radius 2 is 1.94 bits per heavy atom. The van der Waals surface area contributed by atoms with Crippen molar-refractivity contribution >= 4 is 23.6 Å². The number of carbonyl (C=O) groups is 4. The van der Waals surface area contributed by atoms with Gasteiger partial charge in [-0.25, -0.2) is 0 Å². The Hall–Kier alpha value is -3.48. The Labute approximate surface area is 206 Å². The van der Waals surface area contributed by atoms with Crippen LogP contribution < -0.4 is 10.6 Å². The van der Waals surface area contributed by atoms with Crippen molar-refractivity contribution in [1.29, 1.82) is 0 Å². The van der Waals surface area contributed by atoms with Crippen LogP contribution in [0.3, 0.4) is 0 Å². The second-order valence-electron chi connectivity index (χ2n) is 9.52. The van der Waals surface area contributed by atoms with E-state index in [0.29, 0.717) is 23.5 Å². The lowest BCUT2D eigenvalue weighted by Gasteiger charge is -2.32. The third kappa shape index (κ3) is 5.29. The van der Waals surface area contributed by atoms with E-state index in [-0.39, 0.29) is 36.7 Å². The van der Waals surface area contributed by atoms with Crippen LogP contribution in [0.4, 0.5) is 0 Å². The Morgan fingerprint density at radius 1 is 1.17 bits per heavy atom. The highest BCUT2D eigenvalue weighted by molar-refractivity contribution is 6.06. The summed E-state index contributed by atoms with van der Waals surface area (Å²) in [5, 5.41) is 5.55. The summed E-state index contributed by atoms with van der Waals surface area (Å²) in [7, 11) is 0. The zero-order valence-electron chi connectivity index (χ0n) is 20.2. The molecule has 0 aromatic heterocycles. The van der Waals surface area contributed by atoms with Gasteiger partial charge < -0.3 is 10.2 Å². The van der Waals surface area contributed by atoms with E-state index in [1.807, 2.05) is 31.2 Å². The Bertz CT molecular complexity index is 1100. The van der Waals surface area contributed by atoms with Crippen LogP contribution in [-0.2, 0) is 16.1 Å². The predicted molar refractivity (Wildman–Crippen MR) is 133 cm³/mol. The molecule has 1 saturated heterocycles. The highest BCUT2D eigenvalue weighted by Gasteiger charge is 2.39. The van der Waals surface area contributed by atoms with Gasteiger partial charge in [0.05, 0.1) is 6.04 Å². The molecule has 184 valence electrons. The van der Waals surface area contributed by atoms with Crippen molar-refractivity contribution < 1.29 is 19.2 Å². The van der Waals surface area contributed by atoms with Gasteiger partial charge in [-0.3, -0.25) is 24.5 Å². The molecule has 1 saturated carbocycles. The standard InChI is InChI=1S/C28H33N3O4/c1-3-5-9-18(4-2)25(19-10-7-6-8-11-19)30-26(33)20-12-13-22-21(16-20)17-31(28(22)35)23-14-15-24(32)29-27(23)34/h3-5,9,12-13,16,19,23,25H,2,6-8,10-11,14-15,17H2,1H3,(H,30,33)(H,29,32,34)/b5-3-,18-9+/t23?,25-/m1/s1. The molecule has 7 nitrogen and oxygen atoms in total. The molecule has 1 aromatic rings. The maximum absolute atomic E-state index is 13.4. The summed E-state index contributed by atoms with van der Waals surface area (Å²) < 4.78 is 0. The number of benzene rings is 1. The zero-order chi connectivity index (χ0) is 24.9. The maximum atomic E-state index is 13.4. The molecule has 1 unspecified atom stereocenters. The molecule has 35 heavy (non-hydrogen) atoms. The lowest BCUT2D eigenvalue weighted by atomic mass is 9.80. The number of allylic oxidation sites excluding steroid dienone is 3. The van der Waals surface area contributed by atoms with Crippen LogP contribution in [0.5, 0.6) is 0 Å². The van der Waals surface area contributed by atoms with E-state index in [1.165, 1.54) is 11.3 Å². The van der Waals surface area contributed by atoms with Gasteiger partial charge in [0.2, 0.25) is 11.8 Å². The van der Waals surface area contributed by atoms with Crippen LogP contribution >= 0.6 is 0 Å². The van der Waals surface area contributed by atoms with Gasteiger partial charge in [-0.2, -0.15) is 0 Å². The highest BCUT2D eigenvalue weighted by Crippen LogP contribution is 2.31. The van der Waals surface area contributed by atoms with Crippen LogP contribution in [0.15, 0.2) is 54.7 Å². The van der Waals surface area contributed by atoms with Gasteiger partial charge in [0.25, 0.3) is 11.8 Å². The van der Waals surface area contributed by atoms with Crippen LogP contribution in [0.2, 0.25) is 0 Å². The number of amides is 4. The van der Waals surface area contributed by atoms with E-state index in [9.17, 15) is 19.2 Å². The van der Waals surface area contributed by atoms with Crippen molar-refractivity contribution in [3.63, 3.8) is 0 Å². The molecule has 0 radical (unpaired) electrons.